The molecule has 0 aliphatic heterocycles. The second-order valence-corrected chi connectivity index (χ2v) is 6.81. The van der Waals surface area contributed by atoms with Crippen molar-refractivity contribution in [3.05, 3.63) is 95.3 Å². The molecule has 3 rings (SSSR count). The number of rotatable bonds is 6. The first-order valence-electron chi connectivity index (χ1n) is 9.50. The van der Waals surface area contributed by atoms with Crippen LogP contribution in [0, 0.1) is 11.6 Å². The summed E-state index contributed by atoms with van der Waals surface area (Å²) in [5, 5.41) is 2.28. The van der Waals surface area contributed by atoms with Crippen LogP contribution in [-0.2, 0) is 17.4 Å². The van der Waals surface area contributed by atoms with Gasteiger partial charge < -0.3 is 11.1 Å². The minimum Gasteiger partial charge on any atom is -0.404 e. The Kier molecular flexibility index (Phi) is 7.17. The molecule has 172 valence electrons. The van der Waals surface area contributed by atoms with E-state index in [1.807, 2.05) is 0 Å². The number of carbonyl (C=O) groups is 1. The lowest BCUT2D eigenvalue weighted by Gasteiger charge is -2.11. The van der Waals surface area contributed by atoms with Crippen molar-refractivity contribution in [1.29, 1.82) is 0 Å². The Morgan fingerprint density at radius 3 is 2.42 bits per heavy atom. The Labute approximate surface area is 187 Å². The number of nitrogens with two attached hydrogens (primary N) is 1. The van der Waals surface area contributed by atoms with Crippen LogP contribution in [0.3, 0.4) is 0 Å². The first kappa shape index (κ1) is 23.6. The number of alkyl halides is 3. The van der Waals surface area contributed by atoms with E-state index in [2.05, 4.69) is 15.3 Å². The molecule has 33 heavy (non-hydrogen) atoms. The van der Waals surface area contributed by atoms with Gasteiger partial charge in [0.25, 0.3) is 0 Å². The molecule has 10 heteroatoms. The quantitative estimate of drug-likeness (QED) is 0.375. The first-order valence-corrected chi connectivity index (χ1v) is 9.50. The van der Waals surface area contributed by atoms with Gasteiger partial charge in [0.2, 0.25) is 5.91 Å². The zero-order chi connectivity index (χ0) is 24.0. The highest BCUT2D eigenvalue weighted by Gasteiger charge is 2.30. The summed E-state index contributed by atoms with van der Waals surface area (Å²) < 4.78 is 67.7. The van der Waals surface area contributed by atoms with Crippen LogP contribution in [0.1, 0.15) is 18.1 Å². The van der Waals surface area contributed by atoms with Gasteiger partial charge in [-0.2, -0.15) is 13.2 Å². The Morgan fingerprint density at radius 2 is 1.82 bits per heavy atom. The zero-order valence-corrected chi connectivity index (χ0v) is 16.9. The minimum absolute atomic E-state index is 0. The van der Waals surface area contributed by atoms with Crippen LogP contribution in [-0.4, -0.2) is 17.1 Å². The van der Waals surface area contributed by atoms with E-state index in [-0.39, 0.29) is 18.3 Å². The fourth-order valence-corrected chi connectivity index (χ4v) is 2.93. The van der Waals surface area contributed by atoms with Gasteiger partial charge in [-0.15, -0.1) is 0 Å². The summed E-state index contributed by atoms with van der Waals surface area (Å²) in [5.41, 5.74) is 3.97. The molecule has 0 saturated heterocycles. The number of amides is 1. The first-order chi connectivity index (χ1) is 15.7. The molecule has 0 fully saturated rings. The van der Waals surface area contributed by atoms with Gasteiger partial charge in [0.1, 0.15) is 11.6 Å². The molecule has 0 radical (unpaired) electrons. The maximum Gasteiger partial charge on any atom is 0.416 e. The molecule has 1 heterocycles. The SMILES string of the molecule is N/C=C(\C=N\c1ccccn1)c1c(F)cc(NC(=O)Cc2cccc(C(F)(F)F)c2)cc1F.[HH]. The number of pyridine rings is 1. The van der Waals surface area contributed by atoms with Gasteiger partial charge in [-0.1, -0.05) is 24.3 Å². The summed E-state index contributed by atoms with van der Waals surface area (Å²) >= 11 is 0. The second kappa shape index (κ2) is 10.0. The van der Waals surface area contributed by atoms with Crippen LogP contribution in [0.4, 0.5) is 33.5 Å². The number of anilines is 1. The fraction of sp³-hybridized carbons (Fsp3) is 0.0870. The molecule has 3 aromatic rings. The number of aromatic nitrogens is 1. The van der Waals surface area contributed by atoms with E-state index >= 15 is 0 Å². The summed E-state index contributed by atoms with van der Waals surface area (Å²) in [6, 6.07) is 10.9. The largest absolute Gasteiger partial charge is 0.416 e. The van der Waals surface area contributed by atoms with Gasteiger partial charge in [0.05, 0.1) is 17.5 Å². The third kappa shape index (κ3) is 6.22. The number of benzene rings is 2. The van der Waals surface area contributed by atoms with Crippen LogP contribution in [0.15, 0.2) is 72.0 Å². The zero-order valence-electron chi connectivity index (χ0n) is 16.9. The van der Waals surface area contributed by atoms with E-state index in [1.54, 1.807) is 18.2 Å². The molecule has 0 aliphatic rings. The van der Waals surface area contributed by atoms with Crippen molar-refractivity contribution in [3.63, 3.8) is 0 Å². The highest BCUT2D eigenvalue weighted by atomic mass is 19.4. The van der Waals surface area contributed by atoms with Gasteiger partial charge >= 0.3 is 6.18 Å². The molecule has 0 bridgehead atoms. The number of halogens is 5. The van der Waals surface area contributed by atoms with Crippen LogP contribution in [0.5, 0.6) is 0 Å². The number of hydrogen-bond donors (Lipinski definition) is 2. The number of hydrogen-bond acceptors (Lipinski definition) is 4. The van der Waals surface area contributed by atoms with E-state index < -0.39 is 41.3 Å². The number of nitrogens with one attached hydrogen (secondary N) is 1. The number of allylic oxidation sites excluding steroid dienone is 1. The monoisotopic (exact) mass is 462 g/mol. The summed E-state index contributed by atoms with van der Waals surface area (Å²) in [4.78, 5) is 20.2. The third-order valence-corrected chi connectivity index (χ3v) is 4.40. The maximum atomic E-state index is 14.6. The minimum atomic E-state index is -4.55. The van der Waals surface area contributed by atoms with Crippen molar-refractivity contribution in [3.8, 4) is 0 Å². The maximum absolute atomic E-state index is 14.6. The van der Waals surface area contributed by atoms with Crippen molar-refractivity contribution in [1.82, 2.24) is 4.98 Å². The molecular formula is C23H19F5N4O. The number of aliphatic imine (C=N–C) groups is 1. The second-order valence-electron chi connectivity index (χ2n) is 6.81. The molecule has 1 aromatic heterocycles. The average Bonchev–Trinajstić information content (AvgIpc) is 2.75. The van der Waals surface area contributed by atoms with Crippen LogP contribution >= 0.6 is 0 Å². The molecule has 0 saturated carbocycles. The standard InChI is InChI=1S/C23H17F5N4O.H2/c24-18-10-17(32-21(33)9-14-4-3-5-16(8-14)23(26,27)28)11-19(25)22(18)15(12-29)13-31-20-6-1-2-7-30-20;/h1-8,10-13H,9,29H2,(H,32,33);1H/b15-12+,31-13+;. The predicted octanol–water partition coefficient (Wildman–Crippen LogP) is 5.51. The topological polar surface area (TPSA) is 80.4 Å². The third-order valence-electron chi connectivity index (χ3n) is 4.40. The summed E-state index contributed by atoms with van der Waals surface area (Å²) in [5.74, 6) is -2.48. The van der Waals surface area contributed by atoms with Crippen molar-refractivity contribution in [2.75, 3.05) is 5.32 Å². The van der Waals surface area contributed by atoms with Crippen LogP contribution in [0.25, 0.3) is 5.57 Å². The number of carbonyl (C=O) groups excluding carboxylic acids is 1. The molecule has 1 amide bonds. The van der Waals surface area contributed by atoms with Crippen LogP contribution < -0.4 is 11.1 Å². The molecule has 5 nitrogen and oxygen atoms in total. The van der Waals surface area contributed by atoms with Gasteiger partial charge in [-0.3, -0.25) is 4.79 Å². The number of nitrogens with zero attached hydrogens (tertiary/aromatic N) is 2. The van der Waals surface area contributed by atoms with E-state index in [4.69, 9.17) is 5.73 Å². The molecule has 0 unspecified atom stereocenters. The van der Waals surface area contributed by atoms with E-state index in [0.29, 0.717) is 5.82 Å². The summed E-state index contributed by atoms with van der Waals surface area (Å²) in [6.45, 7) is 0. The lowest BCUT2D eigenvalue weighted by molar-refractivity contribution is -0.137. The van der Waals surface area contributed by atoms with Crippen molar-refractivity contribution in [2.45, 2.75) is 12.6 Å². The Bertz CT molecular complexity index is 1190. The lowest BCUT2D eigenvalue weighted by atomic mass is 10.0. The van der Waals surface area contributed by atoms with E-state index in [0.717, 1.165) is 36.7 Å². The Hall–Kier alpha value is -4.08. The molecule has 0 atom stereocenters. The molecule has 3 N–H and O–H groups in total. The summed E-state index contributed by atoms with van der Waals surface area (Å²) in [7, 11) is 0. The van der Waals surface area contributed by atoms with Gasteiger partial charge in [0, 0.05) is 31.3 Å². The highest BCUT2D eigenvalue weighted by molar-refractivity contribution is 6.10. The molecule has 0 aliphatic carbocycles. The molecular weight excluding hydrogens is 443 g/mol. The normalized spacial score (nSPS) is 12.2. The smallest absolute Gasteiger partial charge is 0.404 e. The highest BCUT2D eigenvalue weighted by Crippen LogP contribution is 2.30. The van der Waals surface area contributed by atoms with Crippen molar-refractivity contribution >= 4 is 29.2 Å². The fourth-order valence-electron chi connectivity index (χ4n) is 2.93. The predicted molar refractivity (Wildman–Crippen MR) is 117 cm³/mol. The molecule has 2 aromatic carbocycles. The van der Waals surface area contributed by atoms with E-state index in [1.165, 1.54) is 18.3 Å². The Morgan fingerprint density at radius 1 is 1.09 bits per heavy atom. The average molecular weight is 462 g/mol. The summed E-state index contributed by atoms with van der Waals surface area (Å²) in [6.07, 6.45) is -1.35. The van der Waals surface area contributed by atoms with Crippen molar-refractivity contribution in [2.24, 2.45) is 10.7 Å². The van der Waals surface area contributed by atoms with E-state index in [9.17, 15) is 26.7 Å². The molecule has 0 spiro atoms. The Balaban J connectivity index is 0.00000408. The lowest BCUT2D eigenvalue weighted by Crippen LogP contribution is -2.16. The van der Waals surface area contributed by atoms with Crippen LogP contribution in [0.2, 0.25) is 0 Å². The van der Waals surface area contributed by atoms with Gasteiger partial charge in [-0.25, -0.2) is 18.8 Å². The van der Waals surface area contributed by atoms with Gasteiger partial charge in [0.15, 0.2) is 5.82 Å². The van der Waals surface area contributed by atoms with Crippen molar-refractivity contribution < 1.29 is 28.2 Å². The van der Waals surface area contributed by atoms with Gasteiger partial charge in [-0.05, 0) is 35.9 Å².